The maximum absolute atomic E-state index is 11.7. The summed E-state index contributed by atoms with van der Waals surface area (Å²) in [5.74, 6) is -1.91. The molecule has 0 heterocycles. The zero-order valence-corrected chi connectivity index (χ0v) is 17.2. The summed E-state index contributed by atoms with van der Waals surface area (Å²) in [4.78, 5) is 23.1. The van der Waals surface area contributed by atoms with E-state index in [0.717, 1.165) is 25.7 Å². The second-order valence-electron chi connectivity index (χ2n) is 5.04. The van der Waals surface area contributed by atoms with Crippen LogP contribution in [0.3, 0.4) is 0 Å². The number of carbonyl (C=O) groups is 2. The molecule has 0 aliphatic rings. The first kappa shape index (κ1) is 25.1. The van der Waals surface area contributed by atoms with Crippen LogP contribution < -0.4 is 29.6 Å². The minimum absolute atomic E-state index is 0. The van der Waals surface area contributed by atoms with Crippen LogP contribution in [0.15, 0.2) is 0 Å². The minimum Gasteiger partial charge on any atom is -0.747 e. The van der Waals surface area contributed by atoms with E-state index in [2.05, 4.69) is 11.7 Å². The van der Waals surface area contributed by atoms with Gasteiger partial charge in [0, 0.05) is 0 Å². The van der Waals surface area contributed by atoms with Crippen molar-refractivity contribution in [2.45, 2.75) is 58.1 Å². The topological polar surface area (TPSA) is 110 Å². The van der Waals surface area contributed by atoms with Crippen molar-refractivity contribution in [1.82, 2.24) is 0 Å². The number of hydrogen-bond donors (Lipinski definition) is 0. The normalized spacial score (nSPS) is 13.6. The van der Waals surface area contributed by atoms with Crippen molar-refractivity contribution < 1.29 is 61.6 Å². The van der Waals surface area contributed by atoms with Gasteiger partial charge in [0.1, 0.15) is 10.1 Å². The monoisotopic (exact) mass is 360 g/mol. The van der Waals surface area contributed by atoms with E-state index < -0.39 is 33.7 Å². The maximum atomic E-state index is 11.7. The molecule has 2 unspecified atom stereocenters. The molecule has 0 bridgehead atoms. The summed E-state index contributed by atoms with van der Waals surface area (Å²) in [5, 5.41) is -2.05. The second-order valence-corrected chi connectivity index (χ2v) is 6.59. The number of unbranched alkanes of at least 4 members (excludes halogenated alkanes) is 1. The van der Waals surface area contributed by atoms with E-state index in [9.17, 15) is 22.6 Å². The van der Waals surface area contributed by atoms with Gasteiger partial charge >= 0.3 is 41.5 Å². The molecule has 0 N–H and O–H groups in total. The SMILES string of the molecule is CCCCC(CC)COC(=O)CC(C(=O)OCC)S(=O)(=O)[O-].[Na+]. The van der Waals surface area contributed by atoms with Crippen LogP contribution >= 0.6 is 0 Å². The molecule has 9 heteroatoms. The summed E-state index contributed by atoms with van der Waals surface area (Å²) in [7, 11) is -4.97. The summed E-state index contributed by atoms with van der Waals surface area (Å²) >= 11 is 0. The summed E-state index contributed by atoms with van der Waals surface area (Å²) in [6.45, 7) is 5.59. The van der Waals surface area contributed by atoms with E-state index in [1.165, 1.54) is 6.92 Å². The third kappa shape index (κ3) is 11.1. The van der Waals surface area contributed by atoms with E-state index in [1.807, 2.05) is 6.92 Å². The molecule has 0 radical (unpaired) electrons. The van der Waals surface area contributed by atoms with Crippen LogP contribution in [-0.2, 0) is 29.2 Å². The third-order valence-electron chi connectivity index (χ3n) is 3.27. The van der Waals surface area contributed by atoms with Crippen molar-refractivity contribution in [2.24, 2.45) is 5.92 Å². The van der Waals surface area contributed by atoms with Gasteiger partial charge in [-0.3, -0.25) is 9.59 Å². The fourth-order valence-electron chi connectivity index (χ4n) is 1.86. The molecule has 23 heavy (non-hydrogen) atoms. The van der Waals surface area contributed by atoms with Gasteiger partial charge in [-0.2, -0.15) is 0 Å². The van der Waals surface area contributed by atoms with Crippen LogP contribution in [0.25, 0.3) is 0 Å². The third-order valence-corrected chi connectivity index (χ3v) is 4.33. The van der Waals surface area contributed by atoms with Gasteiger partial charge in [0.2, 0.25) is 0 Å². The molecule has 0 fully saturated rings. The zero-order valence-electron chi connectivity index (χ0n) is 14.4. The first-order valence-corrected chi connectivity index (χ1v) is 9.00. The Balaban J connectivity index is 0. The fourth-order valence-corrected chi connectivity index (χ4v) is 2.50. The number of esters is 2. The molecule has 0 amide bonds. The molecule has 0 rings (SSSR count). The van der Waals surface area contributed by atoms with Crippen molar-refractivity contribution in [2.75, 3.05) is 13.2 Å². The van der Waals surface area contributed by atoms with E-state index in [4.69, 9.17) is 4.74 Å². The van der Waals surface area contributed by atoms with Gasteiger partial charge in [-0.1, -0.05) is 33.1 Å². The molecule has 0 aliphatic carbocycles. The molecular formula is C14H25NaO7S. The first-order valence-electron chi connectivity index (χ1n) is 7.53. The molecule has 130 valence electrons. The Morgan fingerprint density at radius 3 is 2.17 bits per heavy atom. The molecule has 0 aromatic rings. The minimum atomic E-state index is -4.97. The Morgan fingerprint density at radius 1 is 1.13 bits per heavy atom. The standard InChI is InChI=1S/C14H26O7S.Na/c1-4-7-8-11(5-2)10-21-13(15)9-12(22(17,18)19)14(16)20-6-3;/h11-12H,4-10H2,1-3H3,(H,17,18,19);/q;+1/p-1. The number of ether oxygens (including phenoxy) is 2. The average molecular weight is 360 g/mol. The Kier molecular flexibility index (Phi) is 14.4. The summed E-state index contributed by atoms with van der Waals surface area (Å²) in [6.07, 6.45) is 2.96. The van der Waals surface area contributed by atoms with Crippen LogP contribution in [0.5, 0.6) is 0 Å². The fraction of sp³-hybridized carbons (Fsp3) is 0.857. The average Bonchev–Trinajstić information content (AvgIpc) is 2.44. The molecule has 0 saturated carbocycles. The van der Waals surface area contributed by atoms with Crippen LogP contribution in [0.2, 0.25) is 0 Å². The van der Waals surface area contributed by atoms with Crippen molar-refractivity contribution >= 4 is 22.1 Å². The largest absolute Gasteiger partial charge is 1.00 e. The van der Waals surface area contributed by atoms with Crippen molar-refractivity contribution in [3.05, 3.63) is 0 Å². The summed E-state index contributed by atoms with van der Waals surface area (Å²) in [6, 6.07) is 0. The quantitative estimate of drug-likeness (QED) is 0.254. The molecule has 0 aromatic carbocycles. The van der Waals surface area contributed by atoms with Gasteiger partial charge < -0.3 is 14.0 Å². The Hall–Kier alpha value is -0.150. The smallest absolute Gasteiger partial charge is 0.747 e. The van der Waals surface area contributed by atoms with Crippen LogP contribution in [-0.4, -0.2) is 43.4 Å². The zero-order chi connectivity index (χ0) is 17.2. The predicted molar refractivity (Wildman–Crippen MR) is 79.0 cm³/mol. The molecule has 0 aliphatic heterocycles. The van der Waals surface area contributed by atoms with Crippen LogP contribution in [0, 0.1) is 5.92 Å². The molecule has 0 aromatic heterocycles. The molecular weight excluding hydrogens is 335 g/mol. The predicted octanol–water partition coefficient (Wildman–Crippen LogP) is -1.38. The Labute approximate surface area is 160 Å². The van der Waals surface area contributed by atoms with E-state index in [1.54, 1.807) is 0 Å². The van der Waals surface area contributed by atoms with Crippen molar-refractivity contribution in [3.8, 4) is 0 Å². The van der Waals surface area contributed by atoms with Gasteiger partial charge in [0.05, 0.1) is 19.6 Å². The number of carbonyl (C=O) groups excluding carboxylic acids is 2. The number of hydrogen-bond acceptors (Lipinski definition) is 7. The van der Waals surface area contributed by atoms with Gasteiger partial charge in [-0.15, -0.1) is 0 Å². The molecule has 2 atom stereocenters. The summed E-state index contributed by atoms with van der Waals surface area (Å²) < 4.78 is 42.7. The number of rotatable bonds is 11. The maximum Gasteiger partial charge on any atom is 1.00 e. The molecule has 7 nitrogen and oxygen atoms in total. The van der Waals surface area contributed by atoms with E-state index in [0.29, 0.717) is 0 Å². The Bertz CT molecular complexity index is 450. The Morgan fingerprint density at radius 2 is 1.74 bits per heavy atom. The summed E-state index contributed by atoms with van der Waals surface area (Å²) in [5.41, 5.74) is 0. The first-order chi connectivity index (χ1) is 10.3. The van der Waals surface area contributed by atoms with Gasteiger partial charge in [0.15, 0.2) is 5.25 Å². The van der Waals surface area contributed by atoms with Gasteiger partial charge in [0.25, 0.3) is 0 Å². The van der Waals surface area contributed by atoms with Crippen molar-refractivity contribution in [1.29, 1.82) is 0 Å². The van der Waals surface area contributed by atoms with Crippen molar-refractivity contribution in [3.63, 3.8) is 0 Å². The van der Waals surface area contributed by atoms with Gasteiger partial charge in [-0.25, -0.2) is 8.42 Å². The van der Waals surface area contributed by atoms with E-state index >= 15 is 0 Å². The molecule has 0 spiro atoms. The van der Waals surface area contributed by atoms with Crippen LogP contribution in [0.1, 0.15) is 52.9 Å². The van der Waals surface area contributed by atoms with Crippen LogP contribution in [0.4, 0.5) is 0 Å². The van der Waals surface area contributed by atoms with Gasteiger partial charge in [-0.05, 0) is 19.3 Å². The molecule has 0 saturated heterocycles. The second kappa shape index (κ2) is 13.2. The van der Waals surface area contributed by atoms with E-state index in [-0.39, 0.29) is 48.7 Å².